The van der Waals surface area contributed by atoms with Gasteiger partial charge in [0.15, 0.2) is 0 Å². The molecule has 0 spiro atoms. The highest BCUT2D eigenvalue weighted by molar-refractivity contribution is 7.99. The third-order valence-electron chi connectivity index (χ3n) is 5.39. The number of nitrogens with one attached hydrogen (secondary N) is 2. The molecule has 1 fully saturated rings. The monoisotopic (exact) mass is 501 g/mol. The highest BCUT2D eigenvalue weighted by atomic mass is 32.2. The van der Waals surface area contributed by atoms with Gasteiger partial charge in [-0.15, -0.1) is 10.2 Å². The standard InChI is InChI=1S/C23H27N5O4S2/c1-2-34(30,31)27-18-12-10-17(11-13-18)22-25-26-23(32-22)33-16-21(29)24-19-8-4-5-9-20(19)28-14-6-3-7-15-28/h4-5,8-13,27H,2-3,6-7,14-16H2,1H3,(H,24,29). The molecule has 180 valence electrons. The molecule has 2 N–H and O–H groups in total. The van der Waals surface area contributed by atoms with Crippen LogP contribution in [0.1, 0.15) is 26.2 Å². The summed E-state index contributed by atoms with van der Waals surface area (Å²) in [5, 5.41) is 11.3. The first-order chi connectivity index (χ1) is 16.4. The Bertz CT molecular complexity index is 1220. The largest absolute Gasteiger partial charge is 0.411 e. The number of para-hydroxylation sites is 2. The summed E-state index contributed by atoms with van der Waals surface area (Å²) in [5.41, 5.74) is 2.96. The van der Waals surface area contributed by atoms with Crippen molar-refractivity contribution in [2.75, 3.05) is 39.5 Å². The molecular weight excluding hydrogens is 474 g/mol. The van der Waals surface area contributed by atoms with Crippen LogP contribution >= 0.6 is 11.8 Å². The predicted octanol–water partition coefficient (Wildman–Crippen LogP) is 4.22. The zero-order valence-electron chi connectivity index (χ0n) is 18.9. The fourth-order valence-electron chi connectivity index (χ4n) is 3.62. The maximum absolute atomic E-state index is 12.6. The van der Waals surface area contributed by atoms with Crippen LogP contribution in [0, 0.1) is 0 Å². The van der Waals surface area contributed by atoms with Crippen molar-refractivity contribution in [3.05, 3.63) is 48.5 Å². The van der Waals surface area contributed by atoms with E-state index < -0.39 is 10.0 Å². The first-order valence-electron chi connectivity index (χ1n) is 11.1. The summed E-state index contributed by atoms with van der Waals surface area (Å²) >= 11 is 1.16. The predicted molar refractivity (Wildman–Crippen MR) is 135 cm³/mol. The van der Waals surface area contributed by atoms with Crippen LogP contribution in [0.3, 0.4) is 0 Å². The lowest BCUT2D eigenvalue weighted by Crippen LogP contribution is -2.30. The molecule has 1 aliphatic heterocycles. The highest BCUT2D eigenvalue weighted by Crippen LogP contribution is 2.29. The SMILES string of the molecule is CCS(=O)(=O)Nc1ccc(-c2nnc(SCC(=O)Nc3ccccc3N3CCCCC3)o2)cc1. The second-order valence-electron chi connectivity index (χ2n) is 7.86. The van der Waals surface area contributed by atoms with Crippen LogP contribution in [0.5, 0.6) is 0 Å². The molecule has 3 aromatic rings. The van der Waals surface area contributed by atoms with Crippen LogP contribution in [0.25, 0.3) is 11.5 Å². The van der Waals surface area contributed by atoms with Gasteiger partial charge in [-0.2, -0.15) is 0 Å². The lowest BCUT2D eigenvalue weighted by atomic mass is 10.1. The minimum absolute atomic E-state index is 0.00356. The molecular formula is C23H27N5O4S2. The van der Waals surface area contributed by atoms with Gasteiger partial charge in [-0.05, 0) is 62.6 Å². The number of anilines is 3. The number of rotatable bonds is 9. The van der Waals surface area contributed by atoms with Crippen molar-refractivity contribution in [2.24, 2.45) is 0 Å². The Balaban J connectivity index is 1.33. The fraction of sp³-hybridized carbons (Fsp3) is 0.348. The Morgan fingerprint density at radius 2 is 1.79 bits per heavy atom. The molecule has 0 atom stereocenters. The molecule has 11 heteroatoms. The van der Waals surface area contributed by atoms with Crippen LogP contribution in [-0.4, -0.2) is 49.1 Å². The van der Waals surface area contributed by atoms with Crippen LogP contribution in [-0.2, 0) is 14.8 Å². The molecule has 4 rings (SSSR count). The number of aromatic nitrogens is 2. The van der Waals surface area contributed by atoms with E-state index in [0.717, 1.165) is 49.1 Å². The van der Waals surface area contributed by atoms with Crippen molar-refractivity contribution in [1.82, 2.24) is 10.2 Å². The molecule has 0 bridgehead atoms. The number of amides is 1. The van der Waals surface area contributed by atoms with Gasteiger partial charge < -0.3 is 14.6 Å². The Labute approximate surface area is 203 Å². The van der Waals surface area contributed by atoms with Gasteiger partial charge in [-0.1, -0.05) is 23.9 Å². The number of thioether (sulfide) groups is 1. The molecule has 34 heavy (non-hydrogen) atoms. The van der Waals surface area contributed by atoms with Gasteiger partial charge in [-0.3, -0.25) is 9.52 Å². The number of nitrogens with zero attached hydrogens (tertiary/aromatic N) is 3. The van der Waals surface area contributed by atoms with Crippen molar-refractivity contribution in [1.29, 1.82) is 0 Å². The average Bonchev–Trinajstić information content (AvgIpc) is 3.33. The smallest absolute Gasteiger partial charge is 0.277 e. The first kappa shape index (κ1) is 24.1. The molecule has 1 aromatic heterocycles. The lowest BCUT2D eigenvalue weighted by molar-refractivity contribution is -0.113. The van der Waals surface area contributed by atoms with Gasteiger partial charge in [0.2, 0.25) is 21.8 Å². The summed E-state index contributed by atoms with van der Waals surface area (Å²) in [6.07, 6.45) is 3.57. The molecule has 1 saturated heterocycles. The Hall–Kier alpha value is -3.05. The lowest BCUT2D eigenvalue weighted by Gasteiger charge is -2.30. The van der Waals surface area contributed by atoms with Gasteiger partial charge >= 0.3 is 0 Å². The third-order valence-corrected chi connectivity index (χ3v) is 7.52. The minimum Gasteiger partial charge on any atom is -0.411 e. The second-order valence-corrected chi connectivity index (χ2v) is 10.8. The number of carbonyl (C=O) groups is 1. The van der Waals surface area contributed by atoms with Crippen molar-refractivity contribution in [3.63, 3.8) is 0 Å². The van der Waals surface area contributed by atoms with E-state index in [4.69, 9.17) is 4.42 Å². The number of hydrogen-bond donors (Lipinski definition) is 2. The molecule has 2 aromatic carbocycles. The zero-order valence-corrected chi connectivity index (χ0v) is 20.5. The van der Waals surface area contributed by atoms with Crippen LogP contribution in [0.15, 0.2) is 58.2 Å². The van der Waals surface area contributed by atoms with Gasteiger partial charge in [0.1, 0.15) is 0 Å². The number of carbonyl (C=O) groups excluding carboxylic acids is 1. The zero-order chi connectivity index (χ0) is 24.0. The van der Waals surface area contributed by atoms with Crippen molar-refractivity contribution in [3.8, 4) is 11.5 Å². The summed E-state index contributed by atoms with van der Waals surface area (Å²) in [5.74, 6) is 0.273. The highest BCUT2D eigenvalue weighted by Gasteiger charge is 2.17. The van der Waals surface area contributed by atoms with Gasteiger partial charge in [0.05, 0.1) is 22.9 Å². The van der Waals surface area contributed by atoms with E-state index in [9.17, 15) is 13.2 Å². The van der Waals surface area contributed by atoms with E-state index >= 15 is 0 Å². The quantitative estimate of drug-likeness (QED) is 0.419. The Kier molecular flexibility index (Phi) is 7.73. The molecule has 1 amide bonds. The first-order valence-corrected chi connectivity index (χ1v) is 13.8. The number of piperidine rings is 1. The molecule has 0 unspecified atom stereocenters. The summed E-state index contributed by atoms with van der Waals surface area (Å²) in [7, 11) is -3.34. The topological polar surface area (TPSA) is 117 Å². The average molecular weight is 502 g/mol. The van der Waals surface area contributed by atoms with Crippen LogP contribution < -0.4 is 14.9 Å². The Morgan fingerprint density at radius 3 is 2.53 bits per heavy atom. The summed E-state index contributed by atoms with van der Waals surface area (Å²) < 4.78 is 31.5. The third kappa shape index (κ3) is 6.29. The molecule has 1 aliphatic rings. The van der Waals surface area contributed by atoms with Crippen LogP contribution in [0.2, 0.25) is 0 Å². The van der Waals surface area contributed by atoms with Crippen LogP contribution in [0.4, 0.5) is 17.1 Å². The number of sulfonamides is 1. The van der Waals surface area contributed by atoms with Gasteiger partial charge in [-0.25, -0.2) is 8.42 Å². The molecule has 9 nitrogen and oxygen atoms in total. The van der Waals surface area contributed by atoms with Crippen molar-refractivity contribution >= 4 is 44.8 Å². The normalized spacial score (nSPS) is 14.1. The maximum Gasteiger partial charge on any atom is 0.277 e. The van der Waals surface area contributed by atoms with Crippen molar-refractivity contribution in [2.45, 2.75) is 31.4 Å². The summed E-state index contributed by atoms with van der Waals surface area (Å²) in [6.45, 7) is 3.57. The van der Waals surface area contributed by atoms with Crippen molar-refractivity contribution < 1.29 is 17.6 Å². The summed E-state index contributed by atoms with van der Waals surface area (Å²) in [6, 6.07) is 14.5. The molecule has 0 saturated carbocycles. The van der Waals surface area contributed by atoms with E-state index in [1.807, 2.05) is 24.3 Å². The van der Waals surface area contributed by atoms with E-state index in [0.29, 0.717) is 17.1 Å². The van der Waals surface area contributed by atoms with E-state index in [1.54, 1.807) is 31.2 Å². The molecule has 0 radical (unpaired) electrons. The Morgan fingerprint density at radius 1 is 1.06 bits per heavy atom. The maximum atomic E-state index is 12.6. The van der Waals surface area contributed by atoms with Gasteiger partial charge in [0, 0.05) is 24.3 Å². The number of hydrogen-bond acceptors (Lipinski definition) is 8. The van der Waals surface area contributed by atoms with E-state index in [1.165, 1.54) is 6.42 Å². The van der Waals surface area contributed by atoms with E-state index in [2.05, 4.69) is 25.1 Å². The van der Waals surface area contributed by atoms with E-state index in [-0.39, 0.29) is 22.6 Å². The second kappa shape index (κ2) is 10.9. The van der Waals surface area contributed by atoms with Gasteiger partial charge in [0.25, 0.3) is 5.22 Å². The summed E-state index contributed by atoms with van der Waals surface area (Å²) in [4.78, 5) is 14.9. The number of benzene rings is 2. The minimum atomic E-state index is -3.34. The molecule has 0 aliphatic carbocycles. The fourth-order valence-corrected chi connectivity index (χ4v) is 4.82. The molecule has 2 heterocycles.